The molecule has 0 spiro atoms. The Hall–Kier alpha value is -2.94. The van der Waals surface area contributed by atoms with Crippen molar-refractivity contribution >= 4 is 5.91 Å². The number of carbonyl (C=O) groups is 1. The van der Waals surface area contributed by atoms with Crippen molar-refractivity contribution in [3.63, 3.8) is 0 Å². The molecule has 0 radical (unpaired) electrons. The molecule has 2 rings (SSSR count). The van der Waals surface area contributed by atoms with E-state index in [9.17, 15) is 18.0 Å². The number of hydrogen-bond donors (Lipinski definition) is 0. The molecule has 2 aromatic carbocycles. The van der Waals surface area contributed by atoms with Crippen LogP contribution in [0.3, 0.4) is 0 Å². The molecule has 0 unspecified atom stereocenters. The van der Waals surface area contributed by atoms with Gasteiger partial charge in [-0.25, -0.2) is 4.39 Å². The van der Waals surface area contributed by atoms with Gasteiger partial charge >= 0.3 is 6.61 Å². The van der Waals surface area contributed by atoms with Gasteiger partial charge in [-0.15, -0.1) is 6.42 Å². The molecule has 6 heteroatoms. The Morgan fingerprint density at radius 3 is 2.46 bits per heavy atom. The van der Waals surface area contributed by atoms with Crippen LogP contribution in [0.1, 0.15) is 15.9 Å². The Morgan fingerprint density at radius 1 is 1.17 bits per heavy atom. The fourth-order valence-electron chi connectivity index (χ4n) is 2.13. The van der Waals surface area contributed by atoms with E-state index >= 15 is 0 Å². The Kier molecular flexibility index (Phi) is 5.85. The molecule has 24 heavy (non-hydrogen) atoms. The van der Waals surface area contributed by atoms with E-state index in [0.717, 1.165) is 0 Å². The van der Waals surface area contributed by atoms with Gasteiger partial charge in [0.25, 0.3) is 5.91 Å². The first-order valence-electron chi connectivity index (χ1n) is 7.02. The fourth-order valence-corrected chi connectivity index (χ4v) is 2.13. The van der Waals surface area contributed by atoms with Crippen molar-refractivity contribution in [2.45, 2.75) is 13.2 Å². The normalized spacial score (nSPS) is 10.3. The summed E-state index contributed by atoms with van der Waals surface area (Å²) in [6, 6.07) is 11.3. The molecule has 1 amide bonds. The van der Waals surface area contributed by atoms with E-state index < -0.39 is 18.3 Å². The molecule has 0 heterocycles. The number of nitrogens with zero attached hydrogens (tertiary/aromatic N) is 1. The summed E-state index contributed by atoms with van der Waals surface area (Å²) < 4.78 is 42.3. The molecule has 0 bridgehead atoms. The van der Waals surface area contributed by atoms with E-state index in [2.05, 4.69) is 10.7 Å². The van der Waals surface area contributed by atoms with E-state index in [1.54, 1.807) is 0 Å². The van der Waals surface area contributed by atoms with Crippen LogP contribution in [0.25, 0.3) is 0 Å². The zero-order valence-corrected chi connectivity index (χ0v) is 12.6. The molecule has 0 aliphatic heterocycles. The first-order valence-corrected chi connectivity index (χ1v) is 7.02. The van der Waals surface area contributed by atoms with Crippen molar-refractivity contribution < 1.29 is 22.7 Å². The van der Waals surface area contributed by atoms with Gasteiger partial charge in [0.05, 0.1) is 12.1 Å². The predicted molar refractivity (Wildman–Crippen MR) is 83.0 cm³/mol. The summed E-state index contributed by atoms with van der Waals surface area (Å²) >= 11 is 0. The summed E-state index contributed by atoms with van der Waals surface area (Å²) in [7, 11) is 0. The van der Waals surface area contributed by atoms with Crippen molar-refractivity contribution in [1.29, 1.82) is 0 Å². The van der Waals surface area contributed by atoms with Crippen LogP contribution >= 0.6 is 0 Å². The molecule has 0 aliphatic carbocycles. The molecule has 2 aromatic rings. The van der Waals surface area contributed by atoms with Crippen LogP contribution in [-0.2, 0) is 6.54 Å². The quantitative estimate of drug-likeness (QED) is 0.755. The molecule has 0 atom stereocenters. The lowest BCUT2D eigenvalue weighted by molar-refractivity contribution is -0.0502. The SMILES string of the molecule is C#CCN(Cc1ccc(F)cc1)C(=O)c1ccccc1OC(F)F. The average molecular weight is 333 g/mol. The minimum Gasteiger partial charge on any atom is -0.434 e. The number of terminal acetylenes is 1. The second-order valence-electron chi connectivity index (χ2n) is 4.87. The molecule has 0 aromatic heterocycles. The van der Waals surface area contributed by atoms with Crippen LogP contribution in [0.5, 0.6) is 5.75 Å². The summed E-state index contributed by atoms with van der Waals surface area (Å²) in [5.74, 6) is 1.18. The summed E-state index contributed by atoms with van der Waals surface area (Å²) in [5, 5.41) is 0. The highest BCUT2D eigenvalue weighted by atomic mass is 19.3. The van der Waals surface area contributed by atoms with Crippen molar-refractivity contribution in [3.8, 4) is 18.1 Å². The summed E-state index contributed by atoms with van der Waals surface area (Å²) in [6.45, 7) is -2.96. The summed E-state index contributed by atoms with van der Waals surface area (Å²) in [4.78, 5) is 13.9. The van der Waals surface area contributed by atoms with Gasteiger partial charge in [0.2, 0.25) is 0 Å². The van der Waals surface area contributed by atoms with E-state index in [-0.39, 0.29) is 24.4 Å². The molecule has 0 aliphatic rings. The highest BCUT2D eigenvalue weighted by Crippen LogP contribution is 2.22. The van der Waals surface area contributed by atoms with Crippen molar-refractivity contribution in [3.05, 3.63) is 65.5 Å². The topological polar surface area (TPSA) is 29.5 Å². The molecule has 0 saturated heterocycles. The van der Waals surface area contributed by atoms with E-state index in [4.69, 9.17) is 6.42 Å². The minimum atomic E-state index is -3.04. The molecule has 3 nitrogen and oxygen atoms in total. The number of para-hydroxylation sites is 1. The van der Waals surface area contributed by atoms with Crippen LogP contribution < -0.4 is 4.74 Å². The van der Waals surface area contributed by atoms with E-state index in [1.165, 1.54) is 53.4 Å². The van der Waals surface area contributed by atoms with E-state index in [0.29, 0.717) is 5.56 Å². The molecule has 0 saturated carbocycles. The number of benzene rings is 2. The maximum atomic E-state index is 13.0. The number of hydrogen-bond acceptors (Lipinski definition) is 2. The lowest BCUT2D eigenvalue weighted by atomic mass is 10.1. The first kappa shape index (κ1) is 17.4. The van der Waals surface area contributed by atoms with Crippen LogP contribution in [0.2, 0.25) is 0 Å². The smallest absolute Gasteiger partial charge is 0.387 e. The third-order valence-electron chi connectivity index (χ3n) is 3.19. The Labute approximate surface area is 137 Å². The second kappa shape index (κ2) is 8.06. The highest BCUT2D eigenvalue weighted by molar-refractivity contribution is 5.97. The molecule has 0 fully saturated rings. The minimum absolute atomic E-state index is 0.0184. The van der Waals surface area contributed by atoms with Gasteiger partial charge < -0.3 is 9.64 Å². The number of halogens is 3. The lowest BCUT2D eigenvalue weighted by Crippen LogP contribution is -2.31. The van der Waals surface area contributed by atoms with Crippen molar-refractivity contribution in [1.82, 2.24) is 4.90 Å². The third-order valence-corrected chi connectivity index (χ3v) is 3.19. The van der Waals surface area contributed by atoms with Gasteiger partial charge in [0.1, 0.15) is 11.6 Å². The number of amides is 1. The zero-order chi connectivity index (χ0) is 17.5. The number of carbonyl (C=O) groups excluding carboxylic acids is 1. The fraction of sp³-hybridized carbons (Fsp3) is 0.167. The van der Waals surface area contributed by atoms with Crippen LogP contribution in [0, 0.1) is 18.2 Å². The molecular formula is C18H14F3NO2. The van der Waals surface area contributed by atoms with E-state index in [1.807, 2.05) is 0 Å². The maximum Gasteiger partial charge on any atom is 0.387 e. The Morgan fingerprint density at radius 2 is 1.83 bits per heavy atom. The van der Waals surface area contributed by atoms with Gasteiger partial charge in [0, 0.05) is 6.54 Å². The number of alkyl halides is 2. The number of rotatable bonds is 6. The summed E-state index contributed by atoms with van der Waals surface area (Å²) in [6.07, 6.45) is 5.29. The monoisotopic (exact) mass is 333 g/mol. The maximum absolute atomic E-state index is 13.0. The first-order chi connectivity index (χ1) is 11.5. The summed E-state index contributed by atoms with van der Waals surface area (Å²) in [5.41, 5.74) is 0.641. The van der Waals surface area contributed by atoms with Gasteiger partial charge in [-0.1, -0.05) is 30.2 Å². The third kappa shape index (κ3) is 4.53. The van der Waals surface area contributed by atoms with Crippen LogP contribution in [0.4, 0.5) is 13.2 Å². The van der Waals surface area contributed by atoms with Gasteiger partial charge in [-0.3, -0.25) is 4.79 Å². The van der Waals surface area contributed by atoms with Crippen LogP contribution in [0.15, 0.2) is 48.5 Å². The molecule has 124 valence electrons. The highest BCUT2D eigenvalue weighted by Gasteiger charge is 2.20. The zero-order valence-electron chi connectivity index (χ0n) is 12.6. The Bertz CT molecular complexity index is 739. The van der Waals surface area contributed by atoms with Crippen molar-refractivity contribution in [2.24, 2.45) is 0 Å². The second-order valence-corrected chi connectivity index (χ2v) is 4.87. The standard InChI is InChI=1S/C18H14F3NO2/c1-2-11-22(12-13-7-9-14(19)10-8-13)17(23)15-5-3-4-6-16(15)24-18(20)21/h1,3-10,18H,11-12H2. The van der Waals surface area contributed by atoms with Gasteiger partial charge in [-0.2, -0.15) is 8.78 Å². The van der Waals surface area contributed by atoms with Gasteiger partial charge in [0.15, 0.2) is 0 Å². The predicted octanol–water partition coefficient (Wildman–Crippen LogP) is 3.70. The molecular weight excluding hydrogens is 319 g/mol. The number of ether oxygens (including phenoxy) is 1. The van der Waals surface area contributed by atoms with Crippen LogP contribution in [-0.4, -0.2) is 24.0 Å². The van der Waals surface area contributed by atoms with Crippen molar-refractivity contribution in [2.75, 3.05) is 6.54 Å². The largest absolute Gasteiger partial charge is 0.434 e. The average Bonchev–Trinajstić information content (AvgIpc) is 2.56. The lowest BCUT2D eigenvalue weighted by Gasteiger charge is -2.21. The Balaban J connectivity index is 2.26. The van der Waals surface area contributed by atoms with Gasteiger partial charge in [-0.05, 0) is 29.8 Å². The molecule has 0 N–H and O–H groups in total.